The highest BCUT2D eigenvalue weighted by Gasteiger charge is 2.26. The maximum Gasteiger partial charge on any atom is 0.251 e. The Morgan fingerprint density at radius 3 is 2.78 bits per heavy atom. The lowest BCUT2D eigenvalue weighted by Gasteiger charge is -2.16. The largest absolute Gasteiger partial charge is 0.352 e. The number of benzene rings is 1. The van der Waals surface area contributed by atoms with E-state index in [2.05, 4.69) is 15.6 Å². The van der Waals surface area contributed by atoms with Crippen molar-refractivity contribution in [3.05, 3.63) is 53.9 Å². The summed E-state index contributed by atoms with van der Waals surface area (Å²) < 4.78 is 24.9. The maximum atomic E-state index is 12.3. The maximum absolute atomic E-state index is 12.3. The van der Waals surface area contributed by atoms with Crippen LogP contribution >= 0.6 is 0 Å². The van der Waals surface area contributed by atoms with E-state index in [-0.39, 0.29) is 24.8 Å². The minimum atomic E-state index is -3.31. The number of carbonyl (C=O) groups excluding carboxylic acids is 2. The molecule has 0 radical (unpaired) electrons. The highest BCUT2D eigenvalue weighted by atomic mass is 32.2. The monoisotopic (exact) mass is 388 g/mol. The van der Waals surface area contributed by atoms with Gasteiger partial charge in [0.25, 0.3) is 5.91 Å². The Morgan fingerprint density at radius 2 is 2.07 bits per heavy atom. The first-order chi connectivity index (χ1) is 12.8. The molecular weight excluding hydrogens is 368 g/mol. The number of amides is 2. The van der Waals surface area contributed by atoms with Crippen LogP contribution in [-0.4, -0.2) is 44.6 Å². The van der Waals surface area contributed by atoms with Crippen LogP contribution in [0.2, 0.25) is 0 Å². The predicted octanol–water partition coefficient (Wildman–Crippen LogP) is 1.16. The van der Waals surface area contributed by atoms with Crippen molar-refractivity contribution >= 4 is 33.2 Å². The first-order valence-electron chi connectivity index (χ1n) is 8.43. The zero-order valence-electron chi connectivity index (χ0n) is 14.8. The molecule has 1 aromatic carbocycles. The molecule has 0 saturated heterocycles. The molecule has 1 aromatic heterocycles. The highest BCUT2D eigenvalue weighted by molar-refractivity contribution is 7.92. The SMILES string of the molecule is CS(=O)(=O)N1CCc2cc(C(=O)NCCC(=O)Nc3cccnc3)ccc21. The molecule has 0 fully saturated rings. The van der Waals surface area contributed by atoms with Gasteiger partial charge >= 0.3 is 0 Å². The Balaban J connectivity index is 1.54. The van der Waals surface area contributed by atoms with Gasteiger partial charge in [-0.1, -0.05) is 0 Å². The van der Waals surface area contributed by atoms with Gasteiger partial charge in [-0.05, 0) is 42.3 Å². The number of anilines is 2. The van der Waals surface area contributed by atoms with Crippen LogP contribution in [0.4, 0.5) is 11.4 Å². The lowest BCUT2D eigenvalue weighted by Crippen LogP contribution is -2.28. The molecule has 1 aliphatic rings. The highest BCUT2D eigenvalue weighted by Crippen LogP contribution is 2.30. The summed E-state index contributed by atoms with van der Waals surface area (Å²) in [7, 11) is -3.31. The van der Waals surface area contributed by atoms with Crippen LogP contribution in [0.3, 0.4) is 0 Å². The lowest BCUT2D eigenvalue weighted by molar-refractivity contribution is -0.116. The van der Waals surface area contributed by atoms with Crippen molar-refractivity contribution in [2.75, 3.05) is 29.0 Å². The van der Waals surface area contributed by atoms with Gasteiger partial charge in [0.1, 0.15) is 0 Å². The summed E-state index contributed by atoms with van der Waals surface area (Å²) in [5, 5.41) is 5.39. The predicted molar refractivity (Wildman–Crippen MR) is 102 cm³/mol. The summed E-state index contributed by atoms with van der Waals surface area (Å²) in [5.41, 5.74) is 2.48. The number of sulfonamides is 1. The van der Waals surface area contributed by atoms with E-state index in [1.807, 2.05) is 0 Å². The second-order valence-corrected chi connectivity index (χ2v) is 8.13. The first-order valence-corrected chi connectivity index (χ1v) is 10.3. The van der Waals surface area contributed by atoms with Crippen molar-refractivity contribution in [1.29, 1.82) is 0 Å². The smallest absolute Gasteiger partial charge is 0.251 e. The Morgan fingerprint density at radius 1 is 1.26 bits per heavy atom. The number of nitrogens with zero attached hydrogens (tertiary/aromatic N) is 2. The average Bonchev–Trinajstić information content (AvgIpc) is 3.06. The molecule has 0 aliphatic carbocycles. The van der Waals surface area contributed by atoms with Gasteiger partial charge in [0.2, 0.25) is 15.9 Å². The Labute approximate surface area is 157 Å². The van der Waals surface area contributed by atoms with Crippen molar-refractivity contribution in [1.82, 2.24) is 10.3 Å². The zero-order chi connectivity index (χ0) is 19.4. The Kier molecular flexibility index (Phi) is 5.41. The van der Waals surface area contributed by atoms with Crippen LogP contribution in [0.25, 0.3) is 0 Å². The summed E-state index contributed by atoms with van der Waals surface area (Å²) in [5.74, 6) is -0.522. The van der Waals surface area contributed by atoms with Crippen molar-refractivity contribution in [3.63, 3.8) is 0 Å². The summed E-state index contributed by atoms with van der Waals surface area (Å²) in [6.07, 6.45) is 5.02. The van der Waals surface area contributed by atoms with Gasteiger partial charge in [-0.25, -0.2) is 8.42 Å². The van der Waals surface area contributed by atoms with E-state index in [1.54, 1.807) is 42.7 Å². The van der Waals surface area contributed by atoms with Gasteiger partial charge in [-0.2, -0.15) is 0 Å². The van der Waals surface area contributed by atoms with Gasteiger partial charge in [0.05, 0.1) is 23.8 Å². The average molecular weight is 388 g/mol. The lowest BCUT2D eigenvalue weighted by atomic mass is 10.1. The van der Waals surface area contributed by atoms with E-state index in [9.17, 15) is 18.0 Å². The number of hydrogen-bond acceptors (Lipinski definition) is 5. The molecule has 3 rings (SSSR count). The minimum Gasteiger partial charge on any atom is -0.352 e. The normalized spacial score (nSPS) is 13.1. The third-order valence-electron chi connectivity index (χ3n) is 4.18. The van der Waals surface area contributed by atoms with Gasteiger partial charge in [-0.3, -0.25) is 18.9 Å². The summed E-state index contributed by atoms with van der Waals surface area (Å²) in [6.45, 7) is 0.575. The number of rotatable bonds is 6. The van der Waals surface area contributed by atoms with Crippen molar-refractivity contribution < 1.29 is 18.0 Å². The van der Waals surface area contributed by atoms with Gasteiger partial charge in [0.15, 0.2) is 0 Å². The second kappa shape index (κ2) is 7.75. The molecule has 27 heavy (non-hydrogen) atoms. The van der Waals surface area contributed by atoms with Crippen molar-refractivity contribution in [2.24, 2.45) is 0 Å². The number of aromatic nitrogens is 1. The van der Waals surface area contributed by atoms with Crippen molar-refractivity contribution in [2.45, 2.75) is 12.8 Å². The summed E-state index contributed by atoms with van der Waals surface area (Å²) >= 11 is 0. The third-order valence-corrected chi connectivity index (χ3v) is 5.36. The molecule has 2 amide bonds. The number of fused-ring (bicyclic) bond motifs is 1. The molecule has 0 saturated carbocycles. The molecule has 0 bridgehead atoms. The van der Waals surface area contributed by atoms with Crippen LogP contribution in [0.15, 0.2) is 42.7 Å². The van der Waals surface area contributed by atoms with Gasteiger partial charge < -0.3 is 10.6 Å². The third kappa shape index (κ3) is 4.62. The topological polar surface area (TPSA) is 108 Å². The number of pyridine rings is 1. The minimum absolute atomic E-state index is 0.132. The first kappa shape index (κ1) is 18.8. The molecule has 2 aromatic rings. The molecule has 0 atom stereocenters. The van der Waals surface area contributed by atoms with Gasteiger partial charge in [0, 0.05) is 31.3 Å². The molecule has 0 unspecified atom stereocenters. The fourth-order valence-electron chi connectivity index (χ4n) is 2.91. The number of carbonyl (C=O) groups is 2. The van der Waals surface area contributed by atoms with Crippen LogP contribution in [0.1, 0.15) is 22.3 Å². The van der Waals surface area contributed by atoms with Crippen LogP contribution in [-0.2, 0) is 21.2 Å². The molecule has 0 spiro atoms. The molecule has 8 nitrogen and oxygen atoms in total. The van der Waals surface area contributed by atoms with Gasteiger partial charge in [-0.15, -0.1) is 0 Å². The summed E-state index contributed by atoms with van der Waals surface area (Å²) in [4.78, 5) is 28.0. The molecule has 1 aliphatic heterocycles. The Bertz CT molecular complexity index is 961. The van der Waals surface area contributed by atoms with E-state index >= 15 is 0 Å². The van der Waals surface area contributed by atoms with Crippen molar-refractivity contribution in [3.8, 4) is 0 Å². The van der Waals surface area contributed by atoms with E-state index in [0.717, 1.165) is 5.56 Å². The Hall–Kier alpha value is -2.94. The number of nitrogens with one attached hydrogen (secondary N) is 2. The fraction of sp³-hybridized carbons (Fsp3) is 0.278. The van der Waals surface area contributed by atoms with Crippen LogP contribution < -0.4 is 14.9 Å². The van der Waals surface area contributed by atoms with Crippen LogP contribution in [0.5, 0.6) is 0 Å². The molecule has 2 heterocycles. The summed E-state index contributed by atoms with van der Waals surface area (Å²) in [6, 6.07) is 8.39. The standard InChI is InChI=1S/C18H20N4O4S/c1-27(25,26)22-10-7-13-11-14(4-5-16(13)22)18(24)20-9-6-17(23)21-15-3-2-8-19-12-15/h2-5,8,11-12H,6-7,9-10H2,1H3,(H,20,24)(H,21,23). The second-order valence-electron chi connectivity index (χ2n) is 6.22. The van der Waals surface area contributed by atoms with Crippen LogP contribution in [0, 0.1) is 0 Å². The van der Waals surface area contributed by atoms with E-state index in [1.165, 1.54) is 10.6 Å². The molecule has 142 valence electrons. The quantitative estimate of drug-likeness (QED) is 0.772. The zero-order valence-corrected chi connectivity index (χ0v) is 15.6. The molecule has 2 N–H and O–H groups in total. The van der Waals surface area contributed by atoms with E-state index in [4.69, 9.17) is 0 Å². The molecular formula is C18H20N4O4S. The fourth-order valence-corrected chi connectivity index (χ4v) is 3.87. The van der Waals surface area contributed by atoms with E-state index < -0.39 is 10.0 Å². The molecule has 9 heteroatoms. The van der Waals surface area contributed by atoms with E-state index in [0.29, 0.717) is 29.9 Å². The number of hydrogen-bond donors (Lipinski definition) is 2.